The van der Waals surface area contributed by atoms with E-state index in [1.165, 1.54) is 11.1 Å². The molecule has 2 aromatic carbocycles. The molecule has 0 atom stereocenters. The van der Waals surface area contributed by atoms with Crippen molar-refractivity contribution in [2.75, 3.05) is 0 Å². The molecular formula is C20H24O2. The maximum Gasteiger partial charge on any atom is 0.150 e. The van der Waals surface area contributed by atoms with E-state index in [0.717, 1.165) is 23.7 Å². The number of carbonyl (C=O) groups excluding carboxylic acids is 2. The van der Waals surface area contributed by atoms with Crippen molar-refractivity contribution < 1.29 is 9.59 Å². The third kappa shape index (κ3) is 5.65. The van der Waals surface area contributed by atoms with Gasteiger partial charge < -0.3 is 0 Å². The predicted octanol–water partition coefficient (Wildman–Crippen LogP) is 5.25. The van der Waals surface area contributed by atoms with Gasteiger partial charge in [0.05, 0.1) is 0 Å². The van der Waals surface area contributed by atoms with Crippen molar-refractivity contribution >= 4 is 12.6 Å². The van der Waals surface area contributed by atoms with Crippen LogP contribution in [0.4, 0.5) is 0 Å². The highest BCUT2D eigenvalue weighted by Gasteiger charge is 1.97. The first-order valence-electron chi connectivity index (χ1n) is 7.58. The average molecular weight is 296 g/mol. The van der Waals surface area contributed by atoms with Crippen molar-refractivity contribution in [3.8, 4) is 0 Å². The molecule has 0 aliphatic carbocycles. The number of benzene rings is 2. The quantitative estimate of drug-likeness (QED) is 0.722. The summed E-state index contributed by atoms with van der Waals surface area (Å²) in [5, 5.41) is 0. The number of hydrogen-bond acceptors (Lipinski definition) is 2. The summed E-state index contributed by atoms with van der Waals surface area (Å²) in [7, 11) is 0. The molecule has 0 unspecified atom stereocenters. The van der Waals surface area contributed by atoms with Crippen molar-refractivity contribution in [2.45, 2.75) is 39.5 Å². The van der Waals surface area contributed by atoms with Gasteiger partial charge in [-0.15, -0.1) is 0 Å². The highest BCUT2D eigenvalue weighted by atomic mass is 16.1. The Labute approximate surface area is 133 Å². The monoisotopic (exact) mass is 296 g/mol. The zero-order valence-corrected chi connectivity index (χ0v) is 13.7. The summed E-state index contributed by atoms with van der Waals surface area (Å²) in [6.07, 6.45) is 1.73. The number of rotatable bonds is 4. The second-order valence-electron chi connectivity index (χ2n) is 5.88. The van der Waals surface area contributed by atoms with Crippen molar-refractivity contribution in [1.29, 1.82) is 0 Å². The van der Waals surface area contributed by atoms with Gasteiger partial charge >= 0.3 is 0 Å². The van der Waals surface area contributed by atoms with E-state index < -0.39 is 0 Å². The number of carbonyl (C=O) groups is 2. The van der Waals surface area contributed by atoms with Gasteiger partial charge in [-0.25, -0.2) is 0 Å². The minimum atomic E-state index is 0.538. The highest BCUT2D eigenvalue weighted by molar-refractivity contribution is 5.75. The van der Waals surface area contributed by atoms with Gasteiger partial charge in [0.15, 0.2) is 0 Å². The molecule has 0 radical (unpaired) electrons. The number of aldehydes is 2. The fraction of sp³-hybridized carbons (Fsp3) is 0.300. The van der Waals surface area contributed by atoms with Crippen molar-refractivity contribution in [2.24, 2.45) is 0 Å². The highest BCUT2D eigenvalue weighted by Crippen LogP contribution is 2.14. The molecule has 0 heterocycles. The minimum absolute atomic E-state index is 0.538. The van der Waals surface area contributed by atoms with E-state index in [2.05, 4.69) is 27.7 Å². The van der Waals surface area contributed by atoms with E-state index in [1.54, 1.807) is 0 Å². The molecule has 0 spiro atoms. The fourth-order valence-electron chi connectivity index (χ4n) is 1.92. The Balaban J connectivity index is 0.000000220. The molecule has 0 fully saturated rings. The van der Waals surface area contributed by atoms with Gasteiger partial charge in [-0.2, -0.15) is 0 Å². The zero-order chi connectivity index (χ0) is 16.5. The summed E-state index contributed by atoms with van der Waals surface area (Å²) >= 11 is 0. The molecule has 2 heteroatoms. The van der Waals surface area contributed by atoms with Gasteiger partial charge in [0.1, 0.15) is 12.6 Å². The van der Waals surface area contributed by atoms with E-state index in [1.807, 2.05) is 48.5 Å². The van der Waals surface area contributed by atoms with Crippen LogP contribution in [0.3, 0.4) is 0 Å². The van der Waals surface area contributed by atoms with Crippen LogP contribution in [0.15, 0.2) is 48.5 Å². The van der Waals surface area contributed by atoms with Crippen LogP contribution in [0.25, 0.3) is 0 Å². The van der Waals surface area contributed by atoms with Crippen LogP contribution in [-0.4, -0.2) is 12.6 Å². The first-order chi connectivity index (χ1) is 10.5. The second-order valence-corrected chi connectivity index (χ2v) is 5.88. The predicted molar refractivity (Wildman–Crippen MR) is 91.8 cm³/mol. The standard InChI is InChI=1S/2C10H12O/c2*1-8(2)10-5-3-9(7-11)4-6-10/h2*3-8H,1-2H3. The lowest BCUT2D eigenvalue weighted by atomic mass is 10.0. The van der Waals surface area contributed by atoms with Crippen LogP contribution in [0.5, 0.6) is 0 Å². The zero-order valence-electron chi connectivity index (χ0n) is 13.7. The molecule has 0 aliphatic heterocycles. The first kappa shape index (κ1) is 17.8. The van der Waals surface area contributed by atoms with Gasteiger partial charge in [-0.3, -0.25) is 9.59 Å². The fourth-order valence-corrected chi connectivity index (χ4v) is 1.92. The summed E-state index contributed by atoms with van der Waals surface area (Å²) in [6.45, 7) is 8.54. The third-order valence-electron chi connectivity index (χ3n) is 3.48. The smallest absolute Gasteiger partial charge is 0.150 e. The Morgan fingerprint density at radius 3 is 1.05 bits per heavy atom. The summed E-state index contributed by atoms with van der Waals surface area (Å²) < 4.78 is 0. The molecule has 0 saturated carbocycles. The Morgan fingerprint density at radius 1 is 0.591 bits per heavy atom. The van der Waals surface area contributed by atoms with Gasteiger partial charge in [-0.05, 0) is 23.0 Å². The van der Waals surface area contributed by atoms with Gasteiger partial charge in [0.25, 0.3) is 0 Å². The van der Waals surface area contributed by atoms with E-state index in [-0.39, 0.29) is 0 Å². The average Bonchev–Trinajstić information content (AvgIpc) is 2.55. The second kappa shape index (κ2) is 8.93. The van der Waals surface area contributed by atoms with Crippen LogP contribution in [0.1, 0.15) is 71.4 Å². The van der Waals surface area contributed by atoms with E-state index in [0.29, 0.717) is 11.8 Å². The Bertz CT molecular complexity index is 523. The lowest BCUT2D eigenvalue weighted by molar-refractivity contribution is 0.111. The molecule has 0 aliphatic rings. The van der Waals surface area contributed by atoms with E-state index in [9.17, 15) is 9.59 Å². The van der Waals surface area contributed by atoms with Crippen molar-refractivity contribution in [3.63, 3.8) is 0 Å². The van der Waals surface area contributed by atoms with Crippen LogP contribution in [-0.2, 0) is 0 Å². The summed E-state index contributed by atoms with van der Waals surface area (Å²) in [5.74, 6) is 1.08. The largest absolute Gasteiger partial charge is 0.298 e. The molecule has 22 heavy (non-hydrogen) atoms. The SMILES string of the molecule is CC(C)c1ccc(C=O)cc1.CC(C)c1ccc(C=O)cc1. The molecule has 0 amide bonds. The van der Waals surface area contributed by atoms with Crippen molar-refractivity contribution in [1.82, 2.24) is 0 Å². The molecule has 0 saturated heterocycles. The normalized spacial score (nSPS) is 10.1. The van der Waals surface area contributed by atoms with E-state index in [4.69, 9.17) is 0 Å². The third-order valence-corrected chi connectivity index (χ3v) is 3.48. The van der Waals surface area contributed by atoms with Crippen LogP contribution >= 0.6 is 0 Å². The Morgan fingerprint density at radius 2 is 0.864 bits per heavy atom. The van der Waals surface area contributed by atoms with Gasteiger partial charge in [0.2, 0.25) is 0 Å². The van der Waals surface area contributed by atoms with E-state index >= 15 is 0 Å². The molecule has 2 aromatic rings. The van der Waals surface area contributed by atoms with Crippen LogP contribution in [0, 0.1) is 0 Å². The minimum Gasteiger partial charge on any atom is -0.298 e. The molecule has 0 bridgehead atoms. The summed E-state index contributed by atoms with van der Waals surface area (Å²) in [5.41, 5.74) is 4.04. The lowest BCUT2D eigenvalue weighted by Crippen LogP contribution is -1.87. The molecule has 2 nitrogen and oxygen atoms in total. The summed E-state index contributed by atoms with van der Waals surface area (Å²) in [4.78, 5) is 20.6. The Kier molecular flexibility index (Phi) is 7.24. The topological polar surface area (TPSA) is 34.1 Å². The molecule has 116 valence electrons. The maximum absolute atomic E-state index is 10.3. The van der Waals surface area contributed by atoms with Gasteiger partial charge in [-0.1, -0.05) is 76.2 Å². The first-order valence-corrected chi connectivity index (χ1v) is 7.58. The summed E-state index contributed by atoms with van der Waals surface area (Å²) in [6, 6.07) is 15.4. The molecule has 0 N–H and O–H groups in total. The molecular weight excluding hydrogens is 272 g/mol. The maximum atomic E-state index is 10.3. The van der Waals surface area contributed by atoms with Crippen LogP contribution < -0.4 is 0 Å². The molecule has 2 rings (SSSR count). The van der Waals surface area contributed by atoms with Crippen molar-refractivity contribution in [3.05, 3.63) is 70.8 Å². The lowest BCUT2D eigenvalue weighted by Gasteiger charge is -2.03. The Hall–Kier alpha value is -2.22. The van der Waals surface area contributed by atoms with Crippen LogP contribution in [0.2, 0.25) is 0 Å². The van der Waals surface area contributed by atoms with Gasteiger partial charge in [0, 0.05) is 11.1 Å². The number of hydrogen-bond donors (Lipinski definition) is 0. The molecule has 0 aromatic heterocycles.